The molecule has 0 aromatic carbocycles. The minimum Gasteiger partial charge on any atom is -0.478 e. The predicted octanol–water partition coefficient (Wildman–Crippen LogP) is 3.41. The molecule has 0 radical (unpaired) electrons. The van der Waals surface area contributed by atoms with E-state index < -0.39 is 5.97 Å². The zero-order valence-corrected chi connectivity index (χ0v) is 12.6. The summed E-state index contributed by atoms with van der Waals surface area (Å²) in [5, 5.41) is 9.24. The molecule has 0 aliphatic carbocycles. The van der Waals surface area contributed by atoms with Crippen molar-refractivity contribution < 1.29 is 9.90 Å². The Morgan fingerprint density at radius 2 is 2.22 bits per heavy atom. The number of carboxylic acids is 1. The van der Waals surface area contributed by atoms with Crippen LogP contribution in [-0.4, -0.2) is 29.1 Å². The molecular formula is C13H19BrN2O2. The molecule has 0 fully saturated rings. The Kier molecular flexibility index (Phi) is 5.59. The first-order valence-corrected chi connectivity index (χ1v) is 6.92. The van der Waals surface area contributed by atoms with Crippen molar-refractivity contribution in [2.45, 2.75) is 27.2 Å². The lowest BCUT2D eigenvalue weighted by Crippen LogP contribution is -2.30. The van der Waals surface area contributed by atoms with E-state index >= 15 is 0 Å². The van der Waals surface area contributed by atoms with Gasteiger partial charge in [-0.05, 0) is 34.8 Å². The first-order chi connectivity index (χ1) is 8.49. The molecule has 1 N–H and O–H groups in total. The van der Waals surface area contributed by atoms with E-state index in [1.165, 1.54) is 0 Å². The third-order valence-corrected chi connectivity index (χ3v) is 3.41. The van der Waals surface area contributed by atoms with Gasteiger partial charge in [0, 0.05) is 23.8 Å². The fraction of sp³-hybridized carbons (Fsp3) is 0.538. The van der Waals surface area contributed by atoms with E-state index in [9.17, 15) is 9.90 Å². The van der Waals surface area contributed by atoms with Crippen LogP contribution in [0.25, 0.3) is 0 Å². The highest BCUT2D eigenvalue weighted by Crippen LogP contribution is 2.22. The van der Waals surface area contributed by atoms with Crippen LogP contribution in [-0.2, 0) is 0 Å². The van der Waals surface area contributed by atoms with Crippen LogP contribution >= 0.6 is 15.9 Å². The van der Waals surface area contributed by atoms with E-state index in [0.717, 1.165) is 19.5 Å². The maximum absolute atomic E-state index is 11.3. The highest BCUT2D eigenvalue weighted by atomic mass is 79.9. The Labute approximate surface area is 116 Å². The van der Waals surface area contributed by atoms with Crippen molar-refractivity contribution in [2.24, 2.45) is 5.92 Å². The Morgan fingerprint density at radius 1 is 1.56 bits per heavy atom. The number of halogens is 1. The van der Waals surface area contributed by atoms with E-state index in [0.29, 0.717) is 16.2 Å². The lowest BCUT2D eigenvalue weighted by Gasteiger charge is -2.26. The smallest absolute Gasteiger partial charge is 0.339 e. The fourth-order valence-corrected chi connectivity index (χ4v) is 2.04. The number of hydrogen-bond acceptors (Lipinski definition) is 3. The number of aromatic carboxylic acids is 1. The normalized spacial score (nSPS) is 12.2. The molecule has 0 amide bonds. The minimum absolute atomic E-state index is 0.245. The lowest BCUT2D eigenvalue weighted by atomic mass is 10.1. The first kappa shape index (κ1) is 15.0. The summed E-state index contributed by atoms with van der Waals surface area (Å²) < 4.78 is 0.684. The van der Waals surface area contributed by atoms with Crippen LogP contribution in [0.2, 0.25) is 0 Å². The van der Waals surface area contributed by atoms with Gasteiger partial charge in [0.25, 0.3) is 0 Å². The maximum Gasteiger partial charge on any atom is 0.339 e. The number of carboxylic acid groups (broad SMARTS) is 1. The number of rotatable bonds is 6. The molecule has 0 aliphatic rings. The second-order valence-electron chi connectivity index (χ2n) is 4.38. The van der Waals surface area contributed by atoms with Gasteiger partial charge in [-0.2, -0.15) is 0 Å². The summed E-state index contributed by atoms with van der Waals surface area (Å²) >= 11 is 3.26. The van der Waals surface area contributed by atoms with Gasteiger partial charge in [0.2, 0.25) is 0 Å². The van der Waals surface area contributed by atoms with Crippen molar-refractivity contribution in [3.63, 3.8) is 0 Å². The first-order valence-electron chi connectivity index (χ1n) is 6.13. The molecule has 1 aromatic heterocycles. The van der Waals surface area contributed by atoms with Crippen molar-refractivity contribution in [2.75, 3.05) is 18.0 Å². The molecule has 1 atom stereocenters. The average molecular weight is 315 g/mol. The molecule has 1 aromatic rings. The van der Waals surface area contributed by atoms with Gasteiger partial charge in [-0.1, -0.05) is 20.3 Å². The van der Waals surface area contributed by atoms with Crippen molar-refractivity contribution in [3.05, 3.63) is 22.3 Å². The van der Waals surface area contributed by atoms with Gasteiger partial charge in [0.15, 0.2) is 0 Å². The second kappa shape index (κ2) is 6.73. The van der Waals surface area contributed by atoms with E-state index in [4.69, 9.17) is 0 Å². The molecule has 4 nitrogen and oxygen atoms in total. The van der Waals surface area contributed by atoms with Crippen LogP contribution in [0.1, 0.15) is 37.6 Å². The Balaban J connectivity index is 3.08. The zero-order valence-electron chi connectivity index (χ0n) is 11.0. The van der Waals surface area contributed by atoms with Crippen LogP contribution in [0.5, 0.6) is 0 Å². The molecule has 0 bridgehead atoms. The topological polar surface area (TPSA) is 53.4 Å². The largest absolute Gasteiger partial charge is 0.478 e. The zero-order chi connectivity index (χ0) is 13.7. The van der Waals surface area contributed by atoms with Gasteiger partial charge in [0.1, 0.15) is 11.4 Å². The molecule has 0 saturated carbocycles. The summed E-state index contributed by atoms with van der Waals surface area (Å²) in [6.07, 6.45) is 2.70. The molecule has 1 rings (SSSR count). The SMILES string of the molecule is CCC(C)CN(CC)c1ncc(Br)cc1C(=O)O. The summed E-state index contributed by atoms with van der Waals surface area (Å²) in [5.74, 6) is 0.118. The van der Waals surface area contributed by atoms with E-state index in [1.54, 1.807) is 12.3 Å². The van der Waals surface area contributed by atoms with Gasteiger partial charge in [-0.3, -0.25) is 0 Å². The van der Waals surface area contributed by atoms with Gasteiger partial charge < -0.3 is 10.0 Å². The van der Waals surface area contributed by atoms with E-state index in [1.807, 2.05) is 11.8 Å². The number of pyridine rings is 1. The van der Waals surface area contributed by atoms with Gasteiger partial charge in [-0.15, -0.1) is 0 Å². The monoisotopic (exact) mass is 314 g/mol. The Hall–Kier alpha value is -1.10. The molecule has 0 aliphatic heterocycles. The molecule has 1 heterocycles. The highest BCUT2D eigenvalue weighted by Gasteiger charge is 2.18. The van der Waals surface area contributed by atoms with Crippen molar-refractivity contribution in [1.82, 2.24) is 4.98 Å². The van der Waals surface area contributed by atoms with Crippen molar-refractivity contribution in [3.8, 4) is 0 Å². The molecule has 5 heteroatoms. The van der Waals surface area contributed by atoms with Crippen molar-refractivity contribution in [1.29, 1.82) is 0 Å². The average Bonchev–Trinajstić information content (AvgIpc) is 2.35. The molecule has 18 heavy (non-hydrogen) atoms. The summed E-state index contributed by atoms with van der Waals surface area (Å²) in [6, 6.07) is 1.60. The van der Waals surface area contributed by atoms with Gasteiger partial charge >= 0.3 is 5.97 Å². The van der Waals surface area contributed by atoms with E-state index in [2.05, 4.69) is 34.8 Å². The summed E-state index contributed by atoms with van der Waals surface area (Å²) in [4.78, 5) is 17.5. The van der Waals surface area contributed by atoms with Gasteiger partial charge in [0.05, 0.1) is 0 Å². The summed E-state index contributed by atoms with van der Waals surface area (Å²) in [6.45, 7) is 7.87. The number of anilines is 1. The standard InChI is InChI=1S/C13H19BrN2O2/c1-4-9(3)8-16(5-2)12-11(13(17)18)6-10(14)7-15-12/h6-7,9H,4-5,8H2,1-3H3,(H,17,18). The number of aromatic nitrogens is 1. The number of carbonyl (C=O) groups is 1. The van der Waals surface area contributed by atoms with Crippen LogP contribution < -0.4 is 4.90 Å². The van der Waals surface area contributed by atoms with Crippen LogP contribution in [0, 0.1) is 5.92 Å². The van der Waals surface area contributed by atoms with Crippen LogP contribution in [0.3, 0.4) is 0 Å². The Bertz CT molecular complexity index is 423. The molecule has 1 unspecified atom stereocenters. The molecule has 100 valence electrons. The lowest BCUT2D eigenvalue weighted by molar-refractivity contribution is 0.0697. The van der Waals surface area contributed by atoms with Gasteiger partial charge in [-0.25, -0.2) is 9.78 Å². The second-order valence-corrected chi connectivity index (χ2v) is 5.30. The number of nitrogens with zero attached hydrogens (tertiary/aromatic N) is 2. The summed E-state index contributed by atoms with van der Waals surface area (Å²) in [5.41, 5.74) is 0.245. The number of hydrogen-bond donors (Lipinski definition) is 1. The Morgan fingerprint density at radius 3 is 2.72 bits per heavy atom. The highest BCUT2D eigenvalue weighted by molar-refractivity contribution is 9.10. The quantitative estimate of drug-likeness (QED) is 0.874. The molecule has 0 saturated heterocycles. The molecular weight excluding hydrogens is 296 g/mol. The fourth-order valence-electron chi connectivity index (χ4n) is 1.71. The predicted molar refractivity (Wildman–Crippen MR) is 76.2 cm³/mol. The molecule has 0 spiro atoms. The minimum atomic E-state index is -0.943. The third-order valence-electron chi connectivity index (χ3n) is 2.97. The summed E-state index contributed by atoms with van der Waals surface area (Å²) in [7, 11) is 0. The maximum atomic E-state index is 11.3. The third kappa shape index (κ3) is 3.70. The van der Waals surface area contributed by atoms with E-state index in [-0.39, 0.29) is 5.56 Å². The van der Waals surface area contributed by atoms with Crippen LogP contribution in [0.15, 0.2) is 16.7 Å². The van der Waals surface area contributed by atoms with Crippen LogP contribution in [0.4, 0.5) is 5.82 Å². The van der Waals surface area contributed by atoms with Crippen molar-refractivity contribution >= 4 is 27.7 Å².